The summed E-state index contributed by atoms with van der Waals surface area (Å²) >= 11 is 6.18. The Morgan fingerprint density at radius 1 is 1.24 bits per heavy atom. The van der Waals surface area contributed by atoms with E-state index in [1.165, 1.54) is 12.1 Å². The minimum Gasteiger partial charge on any atom is -0.368 e. The average molecular weight is 415 g/mol. The second-order valence-corrected chi connectivity index (χ2v) is 7.33. The average Bonchev–Trinajstić information content (AvgIpc) is 3.42. The number of rotatable bonds is 6. The normalized spacial score (nSPS) is 16.1. The number of halogens is 2. The standard InChI is InChI=1S/C21H20ClFN4O2/c22-19-11-16(23)9-8-15(19)12-26(21(28)20-7-4-10-29-20)13-17-14-27(25-24-17)18-5-2-1-3-6-18/h1-3,5-6,8-9,11,14,20H,4,7,10,12-13H2/t20-/m0/s1. The van der Waals surface area contributed by atoms with E-state index < -0.39 is 11.9 Å². The first-order chi connectivity index (χ1) is 14.1. The van der Waals surface area contributed by atoms with E-state index >= 15 is 0 Å². The van der Waals surface area contributed by atoms with E-state index in [-0.39, 0.29) is 24.0 Å². The van der Waals surface area contributed by atoms with Gasteiger partial charge in [0.2, 0.25) is 0 Å². The number of carbonyl (C=O) groups excluding carboxylic acids is 1. The van der Waals surface area contributed by atoms with Gasteiger partial charge in [-0.15, -0.1) is 5.10 Å². The number of hydrogen-bond donors (Lipinski definition) is 0. The molecule has 0 radical (unpaired) electrons. The first kappa shape index (κ1) is 19.5. The van der Waals surface area contributed by atoms with Crippen molar-refractivity contribution in [2.24, 2.45) is 0 Å². The molecule has 6 nitrogen and oxygen atoms in total. The minimum absolute atomic E-state index is 0.128. The summed E-state index contributed by atoms with van der Waals surface area (Å²) in [5.41, 5.74) is 2.18. The lowest BCUT2D eigenvalue weighted by molar-refractivity contribution is -0.142. The minimum atomic E-state index is -0.474. The maximum atomic E-state index is 13.4. The molecule has 1 aliphatic rings. The highest BCUT2D eigenvalue weighted by Gasteiger charge is 2.29. The van der Waals surface area contributed by atoms with E-state index in [0.29, 0.717) is 24.3 Å². The third-order valence-corrected chi connectivity index (χ3v) is 5.16. The summed E-state index contributed by atoms with van der Waals surface area (Å²) in [6, 6.07) is 13.8. The number of hydrogen-bond acceptors (Lipinski definition) is 4. The van der Waals surface area contributed by atoms with Crippen molar-refractivity contribution in [3.8, 4) is 5.69 Å². The van der Waals surface area contributed by atoms with Crippen molar-refractivity contribution in [2.45, 2.75) is 32.0 Å². The van der Waals surface area contributed by atoms with Crippen LogP contribution < -0.4 is 0 Å². The fourth-order valence-electron chi connectivity index (χ4n) is 3.32. The van der Waals surface area contributed by atoms with E-state index in [9.17, 15) is 9.18 Å². The summed E-state index contributed by atoms with van der Waals surface area (Å²) in [4.78, 5) is 14.7. The van der Waals surface area contributed by atoms with Crippen LogP contribution in [0.2, 0.25) is 5.02 Å². The van der Waals surface area contributed by atoms with Crippen LogP contribution in [0.1, 0.15) is 24.1 Å². The van der Waals surface area contributed by atoms with Gasteiger partial charge in [-0.25, -0.2) is 9.07 Å². The van der Waals surface area contributed by atoms with E-state index in [4.69, 9.17) is 16.3 Å². The predicted molar refractivity (Wildman–Crippen MR) is 106 cm³/mol. The smallest absolute Gasteiger partial charge is 0.252 e. The van der Waals surface area contributed by atoms with Crippen LogP contribution in [0.25, 0.3) is 5.69 Å². The van der Waals surface area contributed by atoms with Gasteiger partial charge in [-0.2, -0.15) is 0 Å². The number of ether oxygens (including phenoxy) is 1. The third kappa shape index (κ3) is 4.63. The van der Waals surface area contributed by atoms with Gasteiger partial charge in [0.25, 0.3) is 5.91 Å². The van der Waals surface area contributed by atoms with Crippen molar-refractivity contribution in [1.29, 1.82) is 0 Å². The molecule has 0 aliphatic carbocycles. The van der Waals surface area contributed by atoms with Crippen molar-refractivity contribution in [2.75, 3.05) is 6.61 Å². The van der Waals surface area contributed by atoms with Crippen molar-refractivity contribution in [3.05, 3.63) is 76.8 Å². The molecule has 1 aliphatic heterocycles. The van der Waals surface area contributed by atoms with Crippen molar-refractivity contribution in [3.63, 3.8) is 0 Å². The molecular weight excluding hydrogens is 395 g/mol. The summed E-state index contributed by atoms with van der Waals surface area (Å²) in [7, 11) is 0. The van der Waals surface area contributed by atoms with Gasteiger partial charge < -0.3 is 9.64 Å². The molecule has 0 saturated carbocycles. The number of amides is 1. The van der Waals surface area contributed by atoms with Crippen LogP contribution in [0.5, 0.6) is 0 Å². The molecule has 0 unspecified atom stereocenters. The van der Waals surface area contributed by atoms with E-state index in [1.807, 2.05) is 30.3 Å². The Hall–Kier alpha value is -2.77. The molecular formula is C21H20ClFN4O2. The van der Waals surface area contributed by atoms with Crippen LogP contribution >= 0.6 is 11.6 Å². The molecule has 0 bridgehead atoms. The van der Waals surface area contributed by atoms with Crippen molar-refractivity contribution >= 4 is 17.5 Å². The van der Waals surface area contributed by atoms with Crippen molar-refractivity contribution in [1.82, 2.24) is 19.9 Å². The molecule has 1 fully saturated rings. The molecule has 2 heterocycles. The molecule has 0 N–H and O–H groups in total. The Morgan fingerprint density at radius 2 is 2.07 bits per heavy atom. The second-order valence-electron chi connectivity index (χ2n) is 6.92. The van der Waals surface area contributed by atoms with Gasteiger partial charge >= 0.3 is 0 Å². The Kier molecular flexibility index (Phi) is 5.87. The number of nitrogens with zero attached hydrogens (tertiary/aromatic N) is 4. The highest BCUT2D eigenvalue weighted by atomic mass is 35.5. The monoisotopic (exact) mass is 414 g/mol. The molecule has 4 rings (SSSR count). The summed E-state index contributed by atoms with van der Waals surface area (Å²) in [5, 5.41) is 8.64. The van der Waals surface area contributed by atoms with Crippen LogP contribution in [0.15, 0.2) is 54.7 Å². The predicted octanol–water partition coefficient (Wildman–Crippen LogP) is 3.77. The van der Waals surface area contributed by atoms with Gasteiger partial charge in [0.05, 0.1) is 18.4 Å². The largest absolute Gasteiger partial charge is 0.368 e. The molecule has 1 aromatic heterocycles. The topological polar surface area (TPSA) is 60.2 Å². The van der Waals surface area contributed by atoms with E-state index in [0.717, 1.165) is 12.1 Å². The van der Waals surface area contributed by atoms with Gasteiger partial charge in [0.1, 0.15) is 17.6 Å². The Morgan fingerprint density at radius 3 is 2.79 bits per heavy atom. The van der Waals surface area contributed by atoms with Crippen LogP contribution in [0, 0.1) is 5.82 Å². The summed E-state index contributed by atoms with van der Waals surface area (Å²) in [5.74, 6) is -0.543. The second kappa shape index (κ2) is 8.71. The highest BCUT2D eigenvalue weighted by Crippen LogP contribution is 2.23. The Labute approximate surface area is 172 Å². The Bertz CT molecular complexity index is 989. The first-order valence-electron chi connectivity index (χ1n) is 9.41. The van der Waals surface area contributed by atoms with E-state index in [1.54, 1.807) is 21.8 Å². The quantitative estimate of drug-likeness (QED) is 0.616. The van der Waals surface area contributed by atoms with Gasteiger partial charge in [-0.1, -0.05) is 41.1 Å². The number of aromatic nitrogens is 3. The van der Waals surface area contributed by atoms with Crippen LogP contribution in [-0.2, 0) is 22.6 Å². The molecule has 2 aromatic carbocycles. The zero-order chi connectivity index (χ0) is 20.2. The van der Waals surface area contributed by atoms with Gasteiger partial charge in [-0.3, -0.25) is 4.79 Å². The van der Waals surface area contributed by atoms with Crippen LogP contribution in [0.3, 0.4) is 0 Å². The molecule has 1 amide bonds. The molecule has 3 aromatic rings. The zero-order valence-electron chi connectivity index (χ0n) is 15.7. The lowest BCUT2D eigenvalue weighted by atomic mass is 10.1. The SMILES string of the molecule is O=C([C@@H]1CCCO1)N(Cc1cn(-c2ccccc2)nn1)Cc1ccc(F)cc1Cl. The van der Waals surface area contributed by atoms with Gasteiger partial charge in [0, 0.05) is 18.2 Å². The molecule has 1 saturated heterocycles. The summed E-state index contributed by atoms with van der Waals surface area (Å²) in [6.45, 7) is 1.06. The van der Waals surface area contributed by atoms with Gasteiger partial charge in [0.15, 0.2) is 0 Å². The summed E-state index contributed by atoms with van der Waals surface area (Å²) < 4.78 is 20.6. The maximum Gasteiger partial charge on any atom is 0.252 e. The van der Waals surface area contributed by atoms with Gasteiger partial charge in [-0.05, 0) is 42.7 Å². The highest BCUT2D eigenvalue weighted by molar-refractivity contribution is 6.31. The lowest BCUT2D eigenvalue weighted by Crippen LogP contribution is -2.38. The molecule has 29 heavy (non-hydrogen) atoms. The molecule has 0 spiro atoms. The molecule has 8 heteroatoms. The van der Waals surface area contributed by atoms with Crippen molar-refractivity contribution < 1.29 is 13.9 Å². The molecule has 1 atom stereocenters. The summed E-state index contributed by atoms with van der Waals surface area (Å²) in [6.07, 6.45) is 2.85. The Balaban J connectivity index is 1.56. The van der Waals surface area contributed by atoms with E-state index in [2.05, 4.69) is 10.3 Å². The zero-order valence-corrected chi connectivity index (χ0v) is 16.4. The number of para-hydroxylation sites is 1. The first-order valence-corrected chi connectivity index (χ1v) is 9.79. The van der Waals surface area contributed by atoms with Crippen LogP contribution in [-0.4, -0.2) is 38.5 Å². The number of carbonyl (C=O) groups is 1. The molecule has 150 valence electrons. The maximum absolute atomic E-state index is 13.4. The third-order valence-electron chi connectivity index (χ3n) is 4.81. The lowest BCUT2D eigenvalue weighted by Gasteiger charge is -2.25. The number of benzene rings is 2. The van der Waals surface area contributed by atoms with Crippen LogP contribution in [0.4, 0.5) is 4.39 Å². The fourth-order valence-corrected chi connectivity index (χ4v) is 3.54. The fraction of sp³-hybridized carbons (Fsp3) is 0.286.